The number of nitro benzene ring substituents is 3. The molecule has 0 aliphatic heterocycles. The number of carboxylic acid groups (broad SMARTS) is 1. The third kappa shape index (κ3) is 5.08. The third-order valence-corrected chi connectivity index (χ3v) is 2.79. The molecule has 0 aliphatic carbocycles. The number of nitrogens with one attached hydrogen (secondary N) is 1. The Morgan fingerprint density at radius 2 is 1.68 bits per heavy atom. The van der Waals surface area contributed by atoms with Crippen LogP contribution < -0.4 is 10.1 Å². The molecule has 0 saturated heterocycles. The number of hydrogen-bond donors (Lipinski definition) is 2. The average Bonchev–Trinajstić information content (AvgIpc) is 2.51. The van der Waals surface area contributed by atoms with E-state index in [2.05, 4.69) is 5.32 Å². The van der Waals surface area contributed by atoms with Gasteiger partial charge in [0.2, 0.25) is 6.41 Å². The van der Waals surface area contributed by atoms with Gasteiger partial charge in [-0.2, -0.15) is 0 Å². The monoisotopic (exact) mass is 358 g/mol. The van der Waals surface area contributed by atoms with Gasteiger partial charge in [0.15, 0.2) is 0 Å². The molecule has 0 saturated carbocycles. The number of hydrogen-bond acceptors (Lipinski definition) is 9. The van der Waals surface area contributed by atoms with Crippen LogP contribution >= 0.6 is 0 Å². The number of non-ortho nitro benzene ring substituents is 1. The van der Waals surface area contributed by atoms with E-state index in [9.17, 15) is 39.9 Å². The van der Waals surface area contributed by atoms with Crippen molar-refractivity contribution in [2.24, 2.45) is 0 Å². The molecular weight excluding hydrogens is 348 g/mol. The molecule has 14 heteroatoms. The van der Waals surface area contributed by atoms with Crippen LogP contribution in [-0.4, -0.2) is 44.9 Å². The number of aliphatic carboxylic acids is 1. The molecule has 0 aromatic heterocycles. The highest BCUT2D eigenvalue weighted by atomic mass is 16.6. The summed E-state index contributed by atoms with van der Waals surface area (Å²) in [5.41, 5.74) is -2.97. The van der Waals surface area contributed by atoms with Gasteiger partial charge >= 0.3 is 17.3 Å². The molecule has 134 valence electrons. The molecule has 1 atom stereocenters. The maximum absolute atomic E-state index is 11.0. The van der Waals surface area contributed by atoms with Crippen LogP contribution in [0.1, 0.15) is 6.42 Å². The van der Waals surface area contributed by atoms with Gasteiger partial charge in [-0.3, -0.25) is 39.9 Å². The number of nitro groups is 3. The van der Waals surface area contributed by atoms with Crippen molar-refractivity contribution < 1.29 is 34.2 Å². The summed E-state index contributed by atoms with van der Waals surface area (Å²) in [6.07, 6.45) is -0.455. The predicted molar refractivity (Wildman–Crippen MR) is 77.1 cm³/mol. The summed E-state index contributed by atoms with van der Waals surface area (Å²) in [7, 11) is 0. The van der Waals surface area contributed by atoms with Gasteiger partial charge in [-0.25, -0.2) is 0 Å². The van der Waals surface area contributed by atoms with Crippen molar-refractivity contribution in [2.75, 3.05) is 6.61 Å². The number of carbonyl (C=O) groups excluding carboxylic acids is 1. The maximum Gasteiger partial charge on any atom is 0.325 e. The van der Waals surface area contributed by atoms with E-state index in [1.165, 1.54) is 0 Å². The van der Waals surface area contributed by atoms with E-state index in [0.29, 0.717) is 12.1 Å². The van der Waals surface area contributed by atoms with Gasteiger partial charge in [-0.05, 0) is 0 Å². The van der Waals surface area contributed by atoms with Gasteiger partial charge < -0.3 is 15.2 Å². The second-order valence-corrected chi connectivity index (χ2v) is 4.47. The second-order valence-electron chi connectivity index (χ2n) is 4.47. The zero-order valence-electron chi connectivity index (χ0n) is 12.2. The van der Waals surface area contributed by atoms with Crippen molar-refractivity contribution in [1.29, 1.82) is 0 Å². The minimum atomic E-state index is -1.32. The third-order valence-electron chi connectivity index (χ3n) is 2.79. The van der Waals surface area contributed by atoms with Gasteiger partial charge in [0, 0.05) is 0 Å². The standard InChI is InChI=1S/C11H10N4O10/c16-5-12-6(1-10(17)18)4-25-11-8(14(21)22)2-7(13(19)20)3-9(11)15(23)24/h2-3,5-6H,1,4H2,(H,12,16)(H,17,18)/t6-/m1/s1. The largest absolute Gasteiger partial charge is 0.481 e. The van der Waals surface area contributed by atoms with Crippen LogP contribution in [0.5, 0.6) is 5.75 Å². The van der Waals surface area contributed by atoms with E-state index in [1.807, 2.05) is 0 Å². The smallest absolute Gasteiger partial charge is 0.325 e. The van der Waals surface area contributed by atoms with Gasteiger partial charge in [0.1, 0.15) is 6.61 Å². The Morgan fingerprint density at radius 3 is 2.04 bits per heavy atom. The van der Waals surface area contributed by atoms with Gasteiger partial charge in [-0.1, -0.05) is 0 Å². The van der Waals surface area contributed by atoms with E-state index >= 15 is 0 Å². The molecule has 0 radical (unpaired) electrons. The number of nitrogens with zero attached hydrogens (tertiary/aromatic N) is 3. The first kappa shape index (κ1) is 19.2. The lowest BCUT2D eigenvalue weighted by molar-refractivity contribution is -0.404. The molecule has 0 aliphatic rings. The SMILES string of the molecule is O=CN[C@@H](COc1c([N+](=O)[O-])cc([N+](=O)[O-])cc1[N+](=O)[O-])CC(=O)O. The van der Waals surface area contributed by atoms with Crippen LogP contribution in [0.4, 0.5) is 17.1 Å². The fraction of sp³-hybridized carbons (Fsp3) is 0.273. The van der Waals surface area contributed by atoms with Crippen LogP contribution in [0.2, 0.25) is 0 Å². The molecule has 0 heterocycles. The highest BCUT2D eigenvalue weighted by Gasteiger charge is 2.32. The first-order valence-electron chi connectivity index (χ1n) is 6.32. The van der Waals surface area contributed by atoms with E-state index in [-0.39, 0.29) is 6.41 Å². The van der Waals surface area contributed by atoms with Crippen LogP contribution in [0, 0.1) is 30.3 Å². The van der Waals surface area contributed by atoms with E-state index < -0.39 is 62.6 Å². The maximum atomic E-state index is 11.0. The zero-order chi connectivity index (χ0) is 19.1. The van der Waals surface area contributed by atoms with Gasteiger partial charge in [0.25, 0.3) is 11.4 Å². The summed E-state index contributed by atoms with van der Waals surface area (Å²) in [6, 6.07) is -0.187. The molecule has 14 nitrogen and oxygen atoms in total. The summed E-state index contributed by atoms with van der Waals surface area (Å²) in [5.74, 6) is -2.21. The van der Waals surface area contributed by atoms with Crippen molar-refractivity contribution in [3.63, 3.8) is 0 Å². The molecule has 0 bridgehead atoms. The summed E-state index contributed by atoms with van der Waals surface area (Å²) in [4.78, 5) is 50.6. The van der Waals surface area contributed by atoms with Crippen molar-refractivity contribution in [2.45, 2.75) is 12.5 Å². The molecule has 1 aromatic rings. The molecule has 1 amide bonds. The zero-order valence-corrected chi connectivity index (χ0v) is 12.2. The Labute approximate surface area is 137 Å². The molecule has 0 unspecified atom stereocenters. The quantitative estimate of drug-likeness (QED) is 0.334. The van der Waals surface area contributed by atoms with Crippen molar-refractivity contribution in [3.05, 3.63) is 42.5 Å². The predicted octanol–water partition coefficient (Wildman–Crippen LogP) is 0.379. The molecule has 1 aromatic carbocycles. The summed E-state index contributed by atoms with van der Waals surface area (Å²) in [6.45, 7) is -0.648. The lowest BCUT2D eigenvalue weighted by atomic mass is 10.2. The van der Waals surface area contributed by atoms with Crippen molar-refractivity contribution >= 4 is 29.4 Å². The topological polar surface area (TPSA) is 205 Å². The van der Waals surface area contributed by atoms with Gasteiger partial charge in [-0.15, -0.1) is 0 Å². The molecular formula is C11H10N4O10. The second kappa shape index (κ2) is 8.14. The molecule has 25 heavy (non-hydrogen) atoms. The van der Waals surface area contributed by atoms with Crippen molar-refractivity contribution in [3.8, 4) is 5.75 Å². The summed E-state index contributed by atoms with van der Waals surface area (Å²) < 4.78 is 4.95. The van der Waals surface area contributed by atoms with Crippen LogP contribution in [0.25, 0.3) is 0 Å². The normalized spacial score (nSPS) is 11.2. The lowest BCUT2D eigenvalue weighted by Gasteiger charge is -2.14. The van der Waals surface area contributed by atoms with Crippen molar-refractivity contribution in [1.82, 2.24) is 5.32 Å². The number of carbonyl (C=O) groups is 2. The lowest BCUT2D eigenvalue weighted by Crippen LogP contribution is -2.35. The Hall–Kier alpha value is -3.84. The fourth-order valence-corrected chi connectivity index (χ4v) is 1.77. The molecule has 0 spiro atoms. The number of carboxylic acids is 1. The van der Waals surface area contributed by atoms with Gasteiger partial charge in [0.05, 0.1) is 39.4 Å². The minimum absolute atomic E-state index is 0.162. The summed E-state index contributed by atoms with van der Waals surface area (Å²) >= 11 is 0. The van der Waals surface area contributed by atoms with Crippen LogP contribution in [0.3, 0.4) is 0 Å². The van der Waals surface area contributed by atoms with E-state index in [0.717, 1.165) is 0 Å². The first-order valence-corrected chi connectivity index (χ1v) is 6.32. The first-order chi connectivity index (χ1) is 11.7. The van der Waals surface area contributed by atoms with Crippen LogP contribution in [-0.2, 0) is 9.59 Å². The van der Waals surface area contributed by atoms with E-state index in [4.69, 9.17) is 9.84 Å². The Morgan fingerprint density at radius 1 is 1.16 bits per heavy atom. The molecule has 1 rings (SSSR count). The molecule has 0 fully saturated rings. The van der Waals surface area contributed by atoms with Crippen LogP contribution in [0.15, 0.2) is 12.1 Å². The Bertz CT molecular complexity index is 699. The number of amides is 1. The highest BCUT2D eigenvalue weighted by Crippen LogP contribution is 2.40. The highest BCUT2D eigenvalue weighted by molar-refractivity contribution is 5.68. The average molecular weight is 358 g/mol. The minimum Gasteiger partial charge on any atom is -0.481 e. The number of benzene rings is 1. The number of ether oxygens (including phenoxy) is 1. The summed E-state index contributed by atoms with van der Waals surface area (Å²) in [5, 5.41) is 43.6. The number of rotatable bonds is 10. The Kier molecular flexibility index (Phi) is 6.25. The van der Waals surface area contributed by atoms with E-state index in [1.54, 1.807) is 0 Å². The molecule has 2 N–H and O–H groups in total. The Balaban J connectivity index is 3.29. The fourth-order valence-electron chi connectivity index (χ4n) is 1.77.